The predicted molar refractivity (Wildman–Crippen MR) is 137 cm³/mol. The first-order valence-electron chi connectivity index (χ1n) is 11.4. The lowest BCUT2D eigenvalue weighted by Gasteiger charge is -2.33. The third-order valence-electron chi connectivity index (χ3n) is 6.13. The second kappa shape index (κ2) is 10.3. The molecule has 3 heterocycles. The van der Waals surface area contributed by atoms with Crippen LogP contribution in [0.5, 0.6) is 0 Å². The smallest absolute Gasteiger partial charge is 0.243 e. The number of thiazole rings is 1. The van der Waals surface area contributed by atoms with Gasteiger partial charge in [0.1, 0.15) is 5.82 Å². The molecule has 12 heteroatoms. The number of anilines is 1. The van der Waals surface area contributed by atoms with Gasteiger partial charge in [0.15, 0.2) is 5.13 Å². The highest BCUT2D eigenvalue weighted by Crippen LogP contribution is 2.32. The Morgan fingerprint density at radius 2 is 2.03 bits per heavy atom. The van der Waals surface area contributed by atoms with Crippen molar-refractivity contribution in [1.82, 2.24) is 19.1 Å². The average Bonchev–Trinajstić information content (AvgIpc) is 3.54. The SMILES string of the molecule is O=C(C1CCCN(S(=O)(=O)c2ccc(Cl)cc2)C1)N(CCn1cccn1)c1nc2ccc(F)cc2s1. The Balaban J connectivity index is 1.41. The van der Waals surface area contributed by atoms with Gasteiger partial charge in [0, 0.05) is 37.1 Å². The normalized spacial score (nSPS) is 16.9. The van der Waals surface area contributed by atoms with Gasteiger partial charge in [0.2, 0.25) is 15.9 Å². The van der Waals surface area contributed by atoms with Gasteiger partial charge in [-0.1, -0.05) is 22.9 Å². The van der Waals surface area contributed by atoms with Crippen LogP contribution in [0.3, 0.4) is 0 Å². The molecule has 0 aliphatic carbocycles. The van der Waals surface area contributed by atoms with E-state index in [-0.39, 0.29) is 23.2 Å². The maximum absolute atomic E-state index is 13.8. The average molecular weight is 548 g/mol. The number of carbonyl (C=O) groups is 1. The molecule has 2 aromatic carbocycles. The number of halogens is 2. The summed E-state index contributed by atoms with van der Waals surface area (Å²) in [6, 6.07) is 12.1. The number of hydrogen-bond acceptors (Lipinski definition) is 6. The molecule has 0 N–H and O–H groups in total. The van der Waals surface area contributed by atoms with Crippen LogP contribution in [-0.2, 0) is 21.4 Å². The van der Waals surface area contributed by atoms with Gasteiger partial charge < -0.3 is 0 Å². The molecule has 0 bridgehead atoms. The van der Waals surface area contributed by atoms with E-state index in [0.717, 1.165) is 0 Å². The Bertz CT molecular complexity index is 1480. The van der Waals surface area contributed by atoms with Crippen molar-refractivity contribution in [3.05, 3.63) is 71.8 Å². The lowest BCUT2D eigenvalue weighted by molar-refractivity contribution is -0.123. The van der Waals surface area contributed by atoms with Crippen LogP contribution in [0.25, 0.3) is 10.2 Å². The fourth-order valence-corrected chi connectivity index (χ4v) is 6.95. The van der Waals surface area contributed by atoms with Crippen molar-refractivity contribution in [3.63, 3.8) is 0 Å². The number of benzene rings is 2. The molecule has 1 unspecified atom stereocenters. The van der Waals surface area contributed by atoms with Crippen LogP contribution >= 0.6 is 22.9 Å². The van der Waals surface area contributed by atoms with E-state index in [2.05, 4.69) is 10.1 Å². The molecule has 0 saturated carbocycles. The Hall–Kier alpha value is -2.86. The highest BCUT2D eigenvalue weighted by Gasteiger charge is 2.36. The third-order valence-corrected chi connectivity index (χ3v) is 9.31. The van der Waals surface area contributed by atoms with E-state index in [1.807, 2.05) is 0 Å². The third kappa shape index (κ3) is 5.15. The summed E-state index contributed by atoms with van der Waals surface area (Å²) in [5.74, 6) is -1.12. The molecule has 0 radical (unpaired) electrons. The van der Waals surface area contributed by atoms with Gasteiger partial charge in [-0.15, -0.1) is 0 Å². The van der Waals surface area contributed by atoms with Crippen LogP contribution < -0.4 is 4.90 Å². The quantitative estimate of drug-likeness (QED) is 0.342. The van der Waals surface area contributed by atoms with Crippen LogP contribution in [0.1, 0.15) is 12.8 Å². The second-order valence-electron chi connectivity index (χ2n) is 8.52. The zero-order valence-corrected chi connectivity index (χ0v) is 21.5. The molecule has 1 amide bonds. The van der Waals surface area contributed by atoms with Crippen molar-refractivity contribution in [3.8, 4) is 0 Å². The molecule has 2 aromatic heterocycles. The molecule has 1 aliphatic rings. The summed E-state index contributed by atoms with van der Waals surface area (Å²) in [5, 5.41) is 5.11. The van der Waals surface area contributed by atoms with Crippen LogP contribution in [0.2, 0.25) is 5.02 Å². The van der Waals surface area contributed by atoms with Crippen LogP contribution in [0.15, 0.2) is 65.8 Å². The topological polar surface area (TPSA) is 88.4 Å². The lowest BCUT2D eigenvalue weighted by Crippen LogP contribution is -2.47. The number of hydrogen-bond donors (Lipinski definition) is 0. The van der Waals surface area contributed by atoms with E-state index in [4.69, 9.17) is 11.6 Å². The summed E-state index contributed by atoms with van der Waals surface area (Å²) in [6.07, 6.45) is 4.58. The Labute approximate surface area is 217 Å². The fraction of sp³-hybridized carbons (Fsp3) is 0.292. The molecule has 8 nitrogen and oxygen atoms in total. The summed E-state index contributed by atoms with van der Waals surface area (Å²) >= 11 is 7.15. The molecular formula is C24H23ClFN5O3S2. The number of aromatic nitrogens is 3. The highest BCUT2D eigenvalue weighted by atomic mass is 35.5. The van der Waals surface area contributed by atoms with Gasteiger partial charge in [-0.25, -0.2) is 17.8 Å². The minimum atomic E-state index is -3.77. The Morgan fingerprint density at radius 1 is 1.22 bits per heavy atom. The largest absolute Gasteiger partial charge is 0.286 e. The first-order chi connectivity index (χ1) is 17.3. The zero-order valence-electron chi connectivity index (χ0n) is 19.1. The van der Waals surface area contributed by atoms with Crippen molar-refractivity contribution in [1.29, 1.82) is 0 Å². The maximum Gasteiger partial charge on any atom is 0.243 e. The molecule has 1 saturated heterocycles. The van der Waals surface area contributed by atoms with Crippen molar-refractivity contribution < 1.29 is 17.6 Å². The summed E-state index contributed by atoms with van der Waals surface area (Å²) < 4.78 is 44.0. The van der Waals surface area contributed by atoms with E-state index in [9.17, 15) is 17.6 Å². The zero-order chi connectivity index (χ0) is 25.3. The molecule has 0 spiro atoms. The van der Waals surface area contributed by atoms with Gasteiger partial charge in [0.25, 0.3) is 0 Å². The molecule has 1 atom stereocenters. The van der Waals surface area contributed by atoms with Crippen LogP contribution in [-0.4, -0.2) is 53.0 Å². The van der Waals surface area contributed by atoms with Crippen LogP contribution in [0, 0.1) is 11.7 Å². The van der Waals surface area contributed by atoms with Gasteiger partial charge >= 0.3 is 0 Å². The Kier molecular flexibility index (Phi) is 7.07. The van der Waals surface area contributed by atoms with Gasteiger partial charge in [-0.05, 0) is 61.4 Å². The van der Waals surface area contributed by atoms with E-state index in [1.165, 1.54) is 52.0 Å². The number of sulfonamides is 1. The number of nitrogens with zero attached hydrogens (tertiary/aromatic N) is 5. The van der Waals surface area contributed by atoms with Crippen LogP contribution in [0.4, 0.5) is 9.52 Å². The first kappa shape index (κ1) is 24.8. The van der Waals surface area contributed by atoms with E-state index in [0.29, 0.717) is 52.8 Å². The van der Waals surface area contributed by atoms with E-state index in [1.54, 1.807) is 34.1 Å². The monoisotopic (exact) mass is 547 g/mol. The van der Waals surface area contributed by atoms with Gasteiger partial charge in [-0.3, -0.25) is 14.4 Å². The molecule has 1 fully saturated rings. The summed E-state index contributed by atoms with van der Waals surface area (Å²) in [5.41, 5.74) is 0.601. The molecule has 36 heavy (non-hydrogen) atoms. The number of fused-ring (bicyclic) bond motifs is 1. The number of rotatable bonds is 7. The second-order valence-corrected chi connectivity index (χ2v) is 11.9. The van der Waals surface area contributed by atoms with Gasteiger partial charge in [0.05, 0.1) is 27.6 Å². The van der Waals surface area contributed by atoms with Crippen molar-refractivity contribution in [2.24, 2.45) is 5.92 Å². The first-order valence-corrected chi connectivity index (χ1v) is 14.1. The molecule has 4 aromatic rings. The molecule has 1 aliphatic heterocycles. The van der Waals surface area contributed by atoms with Crippen molar-refractivity contribution >= 4 is 54.2 Å². The lowest BCUT2D eigenvalue weighted by atomic mass is 9.98. The highest BCUT2D eigenvalue weighted by molar-refractivity contribution is 7.89. The summed E-state index contributed by atoms with van der Waals surface area (Å²) in [4.78, 5) is 20.1. The standard InChI is InChI=1S/C24H23ClFN5O3S2/c25-18-4-7-20(8-5-18)36(33,34)30-12-1-3-17(16-30)23(32)31(14-13-29-11-2-10-27-29)24-28-21-9-6-19(26)15-22(21)35-24/h2,4-11,15,17H,1,3,12-14,16H2. The number of amides is 1. The minimum absolute atomic E-state index is 0.0710. The van der Waals surface area contributed by atoms with Crippen molar-refractivity contribution in [2.45, 2.75) is 24.3 Å². The van der Waals surface area contributed by atoms with E-state index >= 15 is 0 Å². The predicted octanol–water partition coefficient (Wildman–Crippen LogP) is 4.42. The fourth-order valence-electron chi connectivity index (χ4n) is 4.28. The van der Waals surface area contributed by atoms with Gasteiger partial charge in [-0.2, -0.15) is 9.40 Å². The van der Waals surface area contributed by atoms with Crippen molar-refractivity contribution in [2.75, 3.05) is 24.5 Å². The summed E-state index contributed by atoms with van der Waals surface area (Å²) in [7, 11) is -3.77. The molecule has 188 valence electrons. The number of piperidine rings is 1. The minimum Gasteiger partial charge on any atom is -0.286 e. The maximum atomic E-state index is 13.8. The molecular weight excluding hydrogens is 525 g/mol. The number of carbonyl (C=O) groups excluding carboxylic acids is 1. The molecule has 5 rings (SSSR count). The Morgan fingerprint density at radius 3 is 2.78 bits per heavy atom. The summed E-state index contributed by atoms with van der Waals surface area (Å²) in [6.45, 7) is 1.13. The van der Waals surface area contributed by atoms with E-state index < -0.39 is 15.9 Å².